The first-order chi connectivity index (χ1) is 16.4. The van der Waals surface area contributed by atoms with Gasteiger partial charge in [-0.3, -0.25) is 4.90 Å². The number of nitrogens with zero attached hydrogens (tertiary/aromatic N) is 3. The van der Waals surface area contributed by atoms with Crippen LogP contribution in [0, 0.1) is 17.5 Å². The first kappa shape index (κ1) is 24.0. The second kappa shape index (κ2) is 10.4. The third kappa shape index (κ3) is 5.34. The van der Waals surface area contributed by atoms with Crippen LogP contribution in [0.1, 0.15) is 36.6 Å². The van der Waals surface area contributed by atoms with Gasteiger partial charge in [0.15, 0.2) is 17.4 Å². The highest BCUT2D eigenvalue weighted by Crippen LogP contribution is 2.37. The summed E-state index contributed by atoms with van der Waals surface area (Å²) in [5.74, 6) is -2.25. The van der Waals surface area contributed by atoms with E-state index in [2.05, 4.69) is 24.9 Å². The van der Waals surface area contributed by atoms with Crippen molar-refractivity contribution in [1.29, 1.82) is 0 Å². The number of benzene rings is 1. The fraction of sp³-hybridized carbons (Fsp3) is 0.348. The maximum Gasteiger partial charge on any atom is 0.513 e. The van der Waals surface area contributed by atoms with Gasteiger partial charge in [0, 0.05) is 23.2 Å². The molecule has 1 aromatic carbocycles. The van der Waals surface area contributed by atoms with Crippen molar-refractivity contribution in [3.8, 4) is 0 Å². The molecule has 1 fully saturated rings. The van der Waals surface area contributed by atoms with Crippen molar-refractivity contribution < 1.29 is 27.4 Å². The second-order valence-electron chi connectivity index (χ2n) is 7.89. The van der Waals surface area contributed by atoms with Gasteiger partial charge >= 0.3 is 6.16 Å². The number of piperidine rings is 1. The number of aliphatic imine (C=N–C) groups is 1. The number of hydrogen-bond donors (Lipinski definition) is 1. The van der Waals surface area contributed by atoms with Gasteiger partial charge in [0.2, 0.25) is 0 Å². The molecule has 0 spiro atoms. The average molecular weight is 495 g/mol. The minimum absolute atomic E-state index is 0.00730. The molecule has 34 heavy (non-hydrogen) atoms. The molecular weight excluding hydrogens is 473 g/mol. The predicted octanol–water partition coefficient (Wildman–Crippen LogP) is 4.72. The Morgan fingerprint density at radius 3 is 2.62 bits per heavy atom. The van der Waals surface area contributed by atoms with E-state index >= 15 is 0 Å². The lowest BCUT2D eigenvalue weighted by Gasteiger charge is -2.32. The van der Waals surface area contributed by atoms with Gasteiger partial charge in [0.05, 0.1) is 19.0 Å². The smallest absolute Gasteiger partial charge is 0.437 e. The molecule has 11 heteroatoms. The summed E-state index contributed by atoms with van der Waals surface area (Å²) in [6, 6.07) is 3.35. The molecule has 0 radical (unpaired) electrons. The summed E-state index contributed by atoms with van der Waals surface area (Å²) < 4.78 is 52.0. The van der Waals surface area contributed by atoms with Crippen LogP contribution in [0.2, 0.25) is 5.02 Å². The van der Waals surface area contributed by atoms with E-state index in [0.29, 0.717) is 23.9 Å². The zero-order chi connectivity index (χ0) is 24.2. The zero-order valence-corrected chi connectivity index (χ0v) is 19.0. The van der Waals surface area contributed by atoms with E-state index < -0.39 is 29.6 Å². The fourth-order valence-electron chi connectivity index (χ4n) is 3.94. The number of amidine groups is 1. The van der Waals surface area contributed by atoms with Crippen molar-refractivity contribution in [2.75, 3.05) is 26.7 Å². The first-order valence-electron chi connectivity index (χ1n) is 10.7. The van der Waals surface area contributed by atoms with Crippen molar-refractivity contribution >= 4 is 23.6 Å². The highest BCUT2D eigenvalue weighted by molar-refractivity contribution is 6.31. The standard InChI is InChI=1S/C23H22ClF3N4O3/c1-33-23(32)34-21-18(12-31-7-3-2-4-8-31)29-22(20-17(27)10-14(26)11-28-20)30-19(21)15-6-5-13(25)9-16(15)24/h5-6,9-11,19H,2-4,7-8,12H2,1H3,(H,29,30)/t19-/m1/s1. The van der Waals surface area contributed by atoms with E-state index in [1.807, 2.05) is 0 Å². The van der Waals surface area contributed by atoms with Crippen molar-refractivity contribution in [3.05, 3.63) is 75.7 Å². The van der Waals surface area contributed by atoms with E-state index in [1.54, 1.807) is 0 Å². The Morgan fingerprint density at radius 1 is 1.18 bits per heavy atom. The number of ether oxygens (including phenoxy) is 2. The molecule has 2 aromatic rings. The van der Waals surface area contributed by atoms with Crippen LogP contribution < -0.4 is 5.32 Å². The maximum atomic E-state index is 14.6. The van der Waals surface area contributed by atoms with Gasteiger partial charge in [-0.15, -0.1) is 0 Å². The molecule has 1 aromatic heterocycles. The Labute approximate surface area is 199 Å². The Bertz CT molecular complexity index is 1150. The zero-order valence-electron chi connectivity index (χ0n) is 18.3. The number of carbonyl (C=O) groups is 1. The molecule has 2 aliphatic heterocycles. The van der Waals surface area contributed by atoms with E-state index in [4.69, 9.17) is 16.3 Å². The average Bonchev–Trinajstić information content (AvgIpc) is 2.81. The number of hydrogen-bond acceptors (Lipinski definition) is 7. The lowest BCUT2D eigenvalue weighted by atomic mass is 10.0. The van der Waals surface area contributed by atoms with Gasteiger partial charge in [-0.1, -0.05) is 24.1 Å². The SMILES string of the molecule is COC(=O)OC1=C(CN2CCCCC2)NC(c2ncc(F)cc2F)=N[C@@H]1c1ccc(F)cc1Cl. The summed E-state index contributed by atoms with van der Waals surface area (Å²) in [5, 5.41) is 3.03. The number of pyridine rings is 1. The van der Waals surface area contributed by atoms with Gasteiger partial charge in [0.1, 0.15) is 23.4 Å². The molecule has 0 unspecified atom stereocenters. The number of methoxy groups -OCH3 is 1. The van der Waals surface area contributed by atoms with Crippen LogP contribution in [0.3, 0.4) is 0 Å². The van der Waals surface area contributed by atoms with Gasteiger partial charge in [0.25, 0.3) is 0 Å². The third-order valence-electron chi connectivity index (χ3n) is 5.55. The number of aromatic nitrogens is 1. The molecule has 0 saturated carbocycles. The second-order valence-corrected chi connectivity index (χ2v) is 8.30. The fourth-order valence-corrected chi connectivity index (χ4v) is 4.21. The van der Waals surface area contributed by atoms with Crippen molar-refractivity contribution in [3.63, 3.8) is 0 Å². The van der Waals surface area contributed by atoms with Gasteiger partial charge in [-0.2, -0.15) is 0 Å². The number of likely N-dealkylation sites (tertiary alicyclic amines) is 1. The summed E-state index contributed by atoms with van der Waals surface area (Å²) in [7, 11) is 1.16. The Kier molecular flexibility index (Phi) is 7.38. The largest absolute Gasteiger partial charge is 0.513 e. The normalized spacial score (nSPS) is 18.9. The molecule has 3 heterocycles. The number of carbonyl (C=O) groups excluding carboxylic acids is 1. The molecule has 2 aliphatic rings. The lowest BCUT2D eigenvalue weighted by Crippen LogP contribution is -2.41. The lowest BCUT2D eigenvalue weighted by molar-refractivity contribution is 0.0903. The molecule has 4 rings (SSSR count). The van der Waals surface area contributed by atoms with Crippen LogP contribution in [0.25, 0.3) is 0 Å². The van der Waals surface area contributed by atoms with E-state index in [-0.39, 0.29) is 22.3 Å². The number of rotatable bonds is 5. The molecule has 7 nitrogen and oxygen atoms in total. The van der Waals surface area contributed by atoms with Gasteiger partial charge in [-0.05, 0) is 38.1 Å². The monoisotopic (exact) mass is 494 g/mol. The molecule has 0 aliphatic carbocycles. The quantitative estimate of drug-likeness (QED) is 0.606. The van der Waals surface area contributed by atoms with Gasteiger partial charge in [-0.25, -0.2) is 27.9 Å². The Hall–Kier alpha value is -3.11. The predicted molar refractivity (Wildman–Crippen MR) is 119 cm³/mol. The van der Waals surface area contributed by atoms with Crippen LogP contribution in [0.15, 0.2) is 46.9 Å². The number of halogens is 4. The van der Waals surface area contributed by atoms with Gasteiger partial charge < -0.3 is 14.8 Å². The van der Waals surface area contributed by atoms with Crippen LogP contribution in [-0.2, 0) is 9.47 Å². The Balaban J connectivity index is 1.84. The van der Waals surface area contributed by atoms with Crippen LogP contribution >= 0.6 is 11.6 Å². The summed E-state index contributed by atoms with van der Waals surface area (Å²) in [6.45, 7) is 1.95. The summed E-state index contributed by atoms with van der Waals surface area (Å²) in [5.41, 5.74) is 0.505. The molecule has 180 valence electrons. The van der Waals surface area contributed by atoms with Crippen molar-refractivity contribution in [2.45, 2.75) is 25.3 Å². The minimum Gasteiger partial charge on any atom is -0.437 e. The number of nitrogens with one attached hydrogen (secondary N) is 1. The van der Waals surface area contributed by atoms with E-state index in [1.165, 1.54) is 12.1 Å². The van der Waals surface area contributed by atoms with Crippen LogP contribution in [-0.4, -0.2) is 48.6 Å². The maximum absolute atomic E-state index is 14.6. The minimum atomic E-state index is -1.05. The molecule has 0 amide bonds. The van der Waals surface area contributed by atoms with Crippen LogP contribution in [0.4, 0.5) is 18.0 Å². The summed E-state index contributed by atoms with van der Waals surface area (Å²) >= 11 is 6.31. The highest BCUT2D eigenvalue weighted by Gasteiger charge is 2.33. The van der Waals surface area contributed by atoms with E-state index in [9.17, 15) is 18.0 Å². The molecular formula is C23H22ClF3N4O3. The van der Waals surface area contributed by atoms with E-state index in [0.717, 1.165) is 51.7 Å². The first-order valence-corrected chi connectivity index (χ1v) is 11.1. The summed E-state index contributed by atoms with van der Waals surface area (Å²) in [4.78, 5) is 22.6. The highest BCUT2D eigenvalue weighted by atomic mass is 35.5. The molecule has 1 atom stereocenters. The topological polar surface area (TPSA) is 76.1 Å². The van der Waals surface area contributed by atoms with Crippen molar-refractivity contribution in [2.24, 2.45) is 4.99 Å². The molecule has 1 N–H and O–H groups in total. The molecule has 0 bridgehead atoms. The van der Waals surface area contributed by atoms with Crippen LogP contribution in [0.5, 0.6) is 0 Å². The third-order valence-corrected chi connectivity index (χ3v) is 5.88. The van der Waals surface area contributed by atoms with Crippen molar-refractivity contribution in [1.82, 2.24) is 15.2 Å². The summed E-state index contributed by atoms with van der Waals surface area (Å²) in [6.07, 6.45) is 3.00. The Morgan fingerprint density at radius 2 is 1.94 bits per heavy atom. The molecule has 1 saturated heterocycles.